The summed E-state index contributed by atoms with van der Waals surface area (Å²) in [6, 6.07) is 18.8. The van der Waals surface area contributed by atoms with Gasteiger partial charge in [-0.15, -0.1) is 0 Å². The van der Waals surface area contributed by atoms with Gasteiger partial charge in [-0.05, 0) is 42.8 Å². The first-order valence-corrected chi connectivity index (χ1v) is 11.7. The van der Waals surface area contributed by atoms with E-state index in [1.54, 1.807) is 62.8 Å². The number of benzene rings is 3. The Labute approximate surface area is 205 Å². The number of aromatic nitrogens is 1. The highest BCUT2D eigenvalue weighted by Crippen LogP contribution is 2.44. The number of aliphatic hydroxyl groups is 1. The SMILES string of the molecule is COc1ccc(C2C(=C(O)c3ccc(C)cc3)C(=O)C(=O)N2c2nc3ccc(OC)cc3s2)cc1. The van der Waals surface area contributed by atoms with Crippen molar-refractivity contribution in [2.24, 2.45) is 0 Å². The van der Waals surface area contributed by atoms with Crippen LogP contribution < -0.4 is 14.4 Å². The molecule has 4 aromatic rings. The molecule has 1 aliphatic heterocycles. The van der Waals surface area contributed by atoms with Gasteiger partial charge in [-0.25, -0.2) is 4.98 Å². The topological polar surface area (TPSA) is 89.0 Å². The molecule has 1 aliphatic rings. The molecule has 1 unspecified atom stereocenters. The van der Waals surface area contributed by atoms with E-state index < -0.39 is 17.7 Å². The molecule has 1 fully saturated rings. The number of carbonyl (C=O) groups excluding carboxylic acids is 2. The highest BCUT2D eigenvalue weighted by Gasteiger charge is 2.48. The minimum absolute atomic E-state index is 0.0147. The van der Waals surface area contributed by atoms with E-state index in [1.807, 2.05) is 25.1 Å². The first kappa shape index (κ1) is 22.6. The molecule has 0 bridgehead atoms. The van der Waals surface area contributed by atoms with E-state index in [4.69, 9.17) is 9.47 Å². The van der Waals surface area contributed by atoms with Gasteiger partial charge in [0.1, 0.15) is 17.3 Å². The maximum absolute atomic E-state index is 13.4. The molecule has 1 aromatic heterocycles. The number of aliphatic hydroxyl groups excluding tert-OH is 1. The van der Waals surface area contributed by atoms with Crippen molar-refractivity contribution in [3.05, 3.63) is 89.0 Å². The Balaban J connectivity index is 1.70. The lowest BCUT2D eigenvalue weighted by Crippen LogP contribution is -2.29. The number of hydrogen-bond acceptors (Lipinski definition) is 7. The molecule has 1 N–H and O–H groups in total. The number of thiazole rings is 1. The van der Waals surface area contributed by atoms with Crippen molar-refractivity contribution in [1.29, 1.82) is 0 Å². The first-order chi connectivity index (χ1) is 16.9. The van der Waals surface area contributed by atoms with Gasteiger partial charge in [-0.2, -0.15) is 0 Å². The highest BCUT2D eigenvalue weighted by molar-refractivity contribution is 7.22. The van der Waals surface area contributed by atoms with Crippen molar-refractivity contribution in [2.45, 2.75) is 13.0 Å². The van der Waals surface area contributed by atoms with Gasteiger partial charge in [0.05, 0.1) is 36.1 Å². The summed E-state index contributed by atoms with van der Waals surface area (Å²) in [7, 11) is 3.14. The number of nitrogens with zero attached hydrogens (tertiary/aromatic N) is 2. The molecule has 1 amide bonds. The molecule has 2 heterocycles. The van der Waals surface area contributed by atoms with E-state index in [2.05, 4.69) is 4.98 Å². The molecule has 1 saturated heterocycles. The van der Waals surface area contributed by atoms with Gasteiger partial charge in [0, 0.05) is 5.56 Å². The van der Waals surface area contributed by atoms with E-state index in [-0.39, 0.29) is 11.3 Å². The normalized spacial score (nSPS) is 17.2. The molecule has 3 aromatic carbocycles. The van der Waals surface area contributed by atoms with E-state index in [9.17, 15) is 14.7 Å². The average molecular weight is 487 g/mol. The third kappa shape index (κ3) is 3.91. The van der Waals surface area contributed by atoms with E-state index >= 15 is 0 Å². The van der Waals surface area contributed by atoms with Crippen molar-refractivity contribution >= 4 is 44.1 Å². The molecule has 176 valence electrons. The summed E-state index contributed by atoms with van der Waals surface area (Å²) in [5.41, 5.74) is 2.82. The fraction of sp³-hybridized carbons (Fsp3) is 0.148. The zero-order valence-corrected chi connectivity index (χ0v) is 20.1. The van der Waals surface area contributed by atoms with Gasteiger partial charge in [-0.1, -0.05) is 53.3 Å². The minimum Gasteiger partial charge on any atom is -0.507 e. The average Bonchev–Trinajstić information content (AvgIpc) is 3.41. The lowest BCUT2D eigenvalue weighted by Gasteiger charge is -2.23. The molecule has 1 atom stereocenters. The van der Waals surface area contributed by atoms with Crippen LogP contribution in [-0.4, -0.2) is 36.0 Å². The van der Waals surface area contributed by atoms with Crippen LogP contribution in [0, 0.1) is 6.92 Å². The monoisotopic (exact) mass is 486 g/mol. The largest absolute Gasteiger partial charge is 0.507 e. The summed E-state index contributed by atoms with van der Waals surface area (Å²) in [4.78, 5) is 32.7. The highest BCUT2D eigenvalue weighted by atomic mass is 32.1. The number of ketones is 1. The van der Waals surface area contributed by atoms with Crippen LogP contribution in [0.5, 0.6) is 11.5 Å². The third-order valence-corrected chi connectivity index (χ3v) is 7.01. The van der Waals surface area contributed by atoms with Crippen molar-refractivity contribution in [3.63, 3.8) is 0 Å². The van der Waals surface area contributed by atoms with E-state index in [1.165, 1.54) is 16.2 Å². The van der Waals surface area contributed by atoms with Gasteiger partial charge in [0.2, 0.25) is 0 Å². The number of hydrogen-bond donors (Lipinski definition) is 1. The Morgan fingerprint density at radius 3 is 2.26 bits per heavy atom. The Morgan fingerprint density at radius 2 is 1.60 bits per heavy atom. The van der Waals surface area contributed by atoms with Gasteiger partial charge in [-0.3, -0.25) is 14.5 Å². The molecule has 0 spiro atoms. The van der Waals surface area contributed by atoms with Crippen LogP contribution in [0.25, 0.3) is 16.0 Å². The maximum atomic E-state index is 13.4. The van der Waals surface area contributed by atoms with Crippen LogP contribution in [0.1, 0.15) is 22.7 Å². The maximum Gasteiger partial charge on any atom is 0.301 e. The summed E-state index contributed by atoms with van der Waals surface area (Å²) in [6.45, 7) is 1.93. The second-order valence-corrected chi connectivity index (χ2v) is 9.15. The first-order valence-electron chi connectivity index (χ1n) is 10.9. The fourth-order valence-corrected chi connectivity index (χ4v) is 5.14. The van der Waals surface area contributed by atoms with Gasteiger partial charge in [0.15, 0.2) is 5.13 Å². The molecule has 35 heavy (non-hydrogen) atoms. The number of ether oxygens (including phenoxy) is 2. The predicted molar refractivity (Wildman–Crippen MR) is 135 cm³/mol. The Kier molecular flexibility index (Phi) is 5.74. The number of Topliss-reactive ketones (excluding diaryl/α,β-unsaturated/α-hetero) is 1. The van der Waals surface area contributed by atoms with Gasteiger partial charge in [0.25, 0.3) is 5.78 Å². The molecule has 0 radical (unpaired) electrons. The second kappa shape index (κ2) is 8.88. The number of anilines is 1. The molecule has 0 aliphatic carbocycles. The summed E-state index contributed by atoms with van der Waals surface area (Å²) < 4.78 is 11.4. The summed E-state index contributed by atoms with van der Waals surface area (Å²) in [6.07, 6.45) is 0. The number of aryl methyl sites for hydroxylation is 1. The van der Waals surface area contributed by atoms with Crippen LogP contribution in [0.4, 0.5) is 5.13 Å². The molecular weight excluding hydrogens is 464 g/mol. The zero-order valence-electron chi connectivity index (χ0n) is 19.3. The number of fused-ring (bicyclic) bond motifs is 1. The van der Waals surface area contributed by atoms with Crippen LogP contribution in [0.15, 0.2) is 72.3 Å². The number of methoxy groups -OCH3 is 2. The predicted octanol–water partition coefficient (Wildman–Crippen LogP) is 5.25. The zero-order chi connectivity index (χ0) is 24.7. The molecule has 7 nitrogen and oxygen atoms in total. The van der Waals surface area contributed by atoms with Crippen molar-refractivity contribution < 1.29 is 24.2 Å². The Morgan fingerprint density at radius 1 is 0.943 bits per heavy atom. The fourth-order valence-electron chi connectivity index (χ4n) is 4.12. The lowest BCUT2D eigenvalue weighted by molar-refractivity contribution is -0.132. The molecule has 0 saturated carbocycles. The van der Waals surface area contributed by atoms with E-state index in [0.717, 1.165) is 10.3 Å². The van der Waals surface area contributed by atoms with E-state index in [0.29, 0.717) is 33.3 Å². The van der Waals surface area contributed by atoms with Crippen molar-refractivity contribution in [2.75, 3.05) is 19.1 Å². The van der Waals surface area contributed by atoms with Gasteiger partial charge >= 0.3 is 5.91 Å². The van der Waals surface area contributed by atoms with Gasteiger partial charge < -0.3 is 14.6 Å². The summed E-state index contributed by atoms with van der Waals surface area (Å²) >= 11 is 1.28. The summed E-state index contributed by atoms with van der Waals surface area (Å²) in [5, 5.41) is 11.6. The molecular formula is C27H22N2O5S. The van der Waals surface area contributed by atoms with Crippen LogP contribution in [-0.2, 0) is 9.59 Å². The summed E-state index contributed by atoms with van der Waals surface area (Å²) in [5.74, 6) is -0.433. The van der Waals surface area contributed by atoms with Crippen LogP contribution >= 0.6 is 11.3 Å². The molecule has 5 rings (SSSR count). The Bertz CT molecular complexity index is 1470. The smallest absolute Gasteiger partial charge is 0.301 e. The number of amides is 1. The lowest BCUT2D eigenvalue weighted by atomic mass is 9.95. The quantitative estimate of drug-likeness (QED) is 0.236. The standard InChI is InChI=1S/C27H22N2O5S/c1-15-4-6-17(7-5-15)24(30)22-23(16-8-10-18(33-2)11-9-16)29(26(32)25(22)31)27-28-20-13-12-19(34-3)14-21(20)35-27/h4-14,23,30H,1-3H3. The minimum atomic E-state index is -0.857. The van der Waals surface area contributed by atoms with Crippen LogP contribution in [0.2, 0.25) is 0 Å². The van der Waals surface area contributed by atoms with Crippen LogP contribution in [0.3, 0.4) is 0 Å². The third-order valence-electron chi connectivity index (χ3n) is 5.99. The van der Waals surface area contributed by atoms with Crippen molar-refractivity contribution in [1.82, 2.24) is 4.98 Å². The molecule has 8 heteroatoms. The number of carbonyl (C=O) groups is 2. The number of rotatable bonds is 5. The van der Waals surface area contributed by atoms with Crippen molar-refractivity contribution in [3.8, 4) is 11.5 Å². The Hall–Kier alpha value is -4.17. The second-order valence-electron chi connectivity index (χ2n) is 8.14.